The first-order valence-electron chi connectivity index (χ1n) is 24.7. The zero-order valence-corrected chi connectivity index (χ0v) is 40.6. The van der Waals surface area contributed by atoms with E-state index < -0.39 is 26.5 Å². The van der Waals surface area contributed by atoms with Crippen LogP contribution in [0.5, 0.6) is 0 Å². The standard InChI is InChI=1S/C53H90NO8P/c1-3-5-7-9-11-13-15-17-19-21-23-24-25-26-28-29-31-33-35-37-39-41-43-45-52(56)54-47-48-61-63(58,59)62-50-51(55)49-60-53(57)46-44-42-40-38-36-34-32-30-27-22-20-18-16-14-12-10-8-6-4-2/h11-14,17-20,23-24,26-28,30,34,36,51,55H,3-10,15-16,21-22,25,29,31-33,35,37-50H2,1-2H3,(H,54,56)(H,58,59)/b13-11-,14-12-,19-17-,20-18-,24-23-,28-26-,30-27-,36-34-. The fourth-order valence-electron chi connectivity index (χ4n) is 6.23. The normalized spacial score (nSPS) is 14.0. The Labute approximate surface area is 385 Å². The predicted molar refractivity (Wildman–Crippen MR) is 265 cm³/mol. The Balaban J connectivity index is 3.67. The van der Waals surface area contributed by atoms with Gasteiger partial charge in [-0.2, -0.15) is 0 Å². The van der Waals surface area contributed by atoms with Crippen molar-refractivity contribution in [2.45, 2.75) is 200 Å². The summed E-state index contributed by atoms with van der Waals surface area (Å²) < 4.78 is 26.9. The maximum Gasteiger partial charge on any atom is 0.472 e. The van der Waals surface area contributed by atoms with Gasteiger partial charge in [-0.1, -0.05) is 175 Å². The molecular formula is C53H90NO8P. The van der Waals surface area contributed by atoms with Crippen molar-refractivity contribution in [1.82, 2.24) is 5.32 Å². The van der Waals surface area contributed by atoms with E-state index in [9.17, 15) is 24.2 Å². The maximum atomic E-state index is 12.1. The fraction of sp³-hybridized carbons (Fsp3) is 0.660. The van der Waals surface area contributed by atoms with E-state index in [2.05, 4.69) is 116 Å². The van der Waals surface area contributed by atoms with Crippen LogP contribution >= 0.6 is 7.82 Å². The minimum Gasteiger partial charge on any atom is -0.463 e. The van der Waals surface area contributed by atoms with Gasteiger partial charge in [-0.25, -0.2) is 4.57 Å². The Morgan fingerprint density at radius 1 is 0.492 bits per heavy atom. The third kappa shape index (κ3) is 49.8. The van der Waals surface area contributed by atoms with Gasteiger partial charge in [0.05, 0.1) is 13.2 Å². The summed E-state index contributed by atoms with van der Waals surface area (Å²) in [5, 5.41) is 12.7. The summed E-state index contributed by atoms with van der Waals surface area (Å²) >= 11 is 0. The smallest absolute Gasteiger partial charge is 0.463 e. The third-order valence-corrected chi connectivity index (χ3v) is 11.0. The lowest BCUT2D eigenvalue weighted by atomic mass is 10.1. The Morgan fingerprint density at radius 2 is 0.857 bits per heavy atom. The van der Waals surface area contributed by atoms with E-state index >= 15 is 0 Å². The van der Waals surface area contributed by atoms with Gasteiger partial charge in [0.15, 0.2) is 0 Å². The fourth-order valence-corrected chi connectivity index (χ4v) is 6.99. The topological polar surface area (TPSA) is 131 Å². The van der Waals surface area contributed by atoms with Crippen molar-refractivity contribution in [3.8, 4) is 0 Å². The second kappa shape index (κ2) is 48.4. The molecule has 63 heavy (non-hydrogen) atoms. The Kier molecular flexibility index (Phi) is 46.0. The summed E-state index contributed by atoms with van der Waals surface area (Å²) in [5.41, 5.74) is 0. The van der Waals surface area contributed by atoms with Gasteiger partial charge in [0, 0.05) is 19.4 Å². The van der Waals surface area contributed by atoms with Crippen molar-refractivity contribution in [1.29, 1.82) is 0 Å². The van der Waals surface area contributed by atoms with E-state index in [1.165, 1.54) is 77.0 Å². The Hall–Kier alpha value is -3.07. The van der Waals surface area contributed by atoms with Crippen LogP contribution in [0.2, 0.25) is 0 Å². The Morgan fingerprint density at radius 3 is 1.30 bits per heavy atom. The summed E-state index contributed by atoms with van der Waals surface area (Å²) in [6, 6.07) is 0. The number of carbonyl (C=O) groups excluding carboxylic acids is 2. The molecule has 0 bridgehead atoms. The molecule has 0 heterocycles. The molecule has 0 fully saturated rings. The molecule has 0 saturated carbocycles. The number of phosphoric ester groups is 1. The number of aliphatic hydroxyl groups is 1. The molecule has 0 aromatic carbocycles. The van der Waals surface area contributed by atoms with E-state index in [0.29, 0.717) is 12.8 Å². The second-order valence-corrected chi connectivity index (χ2v) is 17.5. The van der Waals surface area contributed by atoms with Crippen molar-refractivity contribution in [2.75, 3.05) is 26.4 Å². The number of nitrogens with one attached hydrogen (secondary N) is 1. The molecule has 0 aliphatic heterocycles. The SMILES string of the molecule is CCCCC/C=C\C/C=C\C/C=C\C/C=C\CCCCCCCCCC(=O)NCCOP(=O)(O)OCC(O)COC(=O)CCCCC/C=C\C/C=C\C/C=C\C/C=C\CCCCC. The second-order valence-electron chi connectivity index (χ2n) is 16.1. The lowest BCUT2D eigenvalue weighted by Gasteiger charge is -2.15. The summed E-state index contributed by atoms with van der Waals surface area (Å²) in [5.74, 6) is -0.564. The van der Waals surface area contributed by atoms with Crippen LogP contribution in [-0.4, -0.2) is 54.3 Å². The molecule has 0 spiro atoms. The van der Waals surface area contributed by atoms with Gasteiger partial charge in [0.1, 0.15) is 12.7 Å². The largest absolute Gasteiger partial charge is 0.472 e. The van der Waals surface area contributed by atoms with Gasteiger partial charge in [0.2, 0.25) is 5.91 Å². The molecule has 0 saturated heterocycles. The number of carbonyl (C=O) groups is 2. The number of phosphoric acid groups is 1. The maximum absolute atomic E-state index is 12.1. The molecule has 0 aromatic rings. The van der Waals surface area contributed by atoms with Gasteiger partial charge in [-0.05, 0) is 103 Å². The van der Waals surface area contributed by atoms with E-state index in [-0.39, 0.29) is 32.1 Å². The van der Waals surface area contributed by atoms with Crippen LogP contribution in [0.25, 0.3) is 0 Å². The van der Waals surface area contributed by atoms with Crippen LogP contribution in [0.15, 0.2) is 97.2 Å². The molecule has 360 valence electrons. The van der Waals surface area contributed by atoms with Gasteiger partial charge in [0.25, 0.3) is 0 Å². The molecule has 1 amide bonds. The lowest BCUT2D eigenvalue weighted by Crippen LogP contribution is -2.27. The van der Waals surface area contributed by atoms with Crippen LogP contribution in [0.3, 0.4) is 0 Å². The molecule has 10 heteroatoms. The summed E-state index contributed by atoms with van der Waals surface area (Å²) in [6.07, 6.45) is 63.3. The number of esters is 1. The minimum absolute atomic E-state index is 0.0654. The average Bonchev–Trinajstić information content (AvgIpc) is 3.27. The molecule has 0 aliphatic carbocycles. The number of unbranched alkanes of at least 4 members (excludes halogenated alkanes) is 16. The number of ether oxygens (including phenoxy) is 1. The number of aliphatic hydroxyl groups excluding tert-OH is 1. The first kappa shape index (κ1) is 59.9. The minimum atomic E-state index is -4.44. The van der Waals surface area contributed by atoms with E-state index in [1.54, 1.807) is 0 Å². The number of amides is 1. The van der Waals surface area contributed by atoms with Gasteiger partial charge in [-0.3, -0.25) is 18.6 Å². The lowest BCUT2D eigenvalue weighted by molar-refractivity contribution is -0.147. The molecule has 9 nitrogen and oxygen atoms in total. The monoisotopic (exact) mass is 900 g/mol. The van der Waals surface area contributed by atoms with Gasteiger partial charge in [-0.15, -0.1) is 0 Å². The van der Waals surface area contributed by atoms with Crippen molar-refractivity contribution >= 4 is 19.7 Å². The van der Waals surface area contributed by atoms with Crippen molar-refractivity contribution in [2.24, 2.45) is 0 Å². The van der Waals surface area contributed by atoms with E-state index in [1.807, 2.05) is 0 Å². The van der Waals surface area contributed by atoms with Crippen LogP contribution in [0.1, 0.15) is 194 Å². The van der Waals surface area contributed by atoms with E-state index in [4.69, 9.17) is 13.8 Å². The zero-order chi connectivity index (χ0) is 46.0. The summed E-state index contributed by atoms with van der Waals surface area (Å²) in [7, 11) is -4.44. The molecule has 3 N–H and O–H groups in total. The number of hydrogen-bond donors (Lipinski definition) is 3. The van der Waals surface area contributed by atoms with Crippen molar-refractivity contribution < 1.29 is 37.9 Å². The zero-order valence-electron chi connectivity index (χ0n) is 39.7. The van der Waals surface area contributed by atoms with E-state index in [0.717, 1.165) is 83.5 Å². The molecule has 2 unspecified atom stereocenters. The molecule has 2 atom stereocenters. The number of rotatable bonds is 45. The number of hydrogen-bond acceptors (Lipinski definition) is 7. The highest BCUT2D eigenvalue weighted by molar-refractivity contribution is 7.47. The van der Waals surface area contributed by atoms with Crippen molar-refractivity contribution in [3.63, 3.8) is 0 Å². The van der Waals surface area contributed by atoms with Gasteiger partial charge >= 0.3 is 13.8 Å². The molecule has 0 aromatic heterocycles. The first-order chi connectivity index (χ1) is 30.8. The Bertz CT molecular complexity index is 1350. The highest BCUT2D eigenvalue weighted by Gasteiger charge is 2.23. The molecule has 0 rings (SSSR count). The molecule has 0 aliphatic rings. The predicted octanol–water partition coefficient (Wildman–Crippen LogP) is 14.6. The highest BCUT2D eigenvalue weighted by atomic mass is 31.2. The third-order valence-electron chi connectivity index (χ3n) is 9.99. The average molecular weight is 900 g/mol. The van der Waals surface area contributed by atoms with Crippen LogP contribution in [0, 0.1) is 0 Å². The number of allylic oxidation sites excluding steroid dienone is 16. The van der Waals surface area contributed by atoms with Crippen LogP contribution in [-0.2, 0) is 27.9 Å². The summed E-state index contributed by atoms with van der Waals surface area (Å²) in [6.45, 7) is 3.44. The highest BCUT2D eigenvalue weighted by Crippen LogP contribution is 2.42. The summed E-state index contributed by atoms with van der Waals surface area (Å²) in [4.78, 5) is 34.0. The van der Waals surface area contributed by atoms with Crippen molar-refractivity contribution in [3.05, 3.63) is 97.2 Å². The molecular weight excluding hydrogens is 810 g/mol. The van der Waals surface area contributed by atoms with Gasteiger partial charge < -0.3 is 20.1 Å². The quantitative estimate of drug-likeness (QED) is 0.0238. The van der Waals surface area contributed by atoms with Crippen LogP contribution in [0.4, 0.5) is 0 Å². The molecule has 0 radical (unpaired) electrons. The first-order valence-corrected chi connectivity index (χ1v) is 26.2. The van der Waals surface area contributed by atoms with Crippen LogP contribution < -0.4 is 5.32 Å².